The minimum absolute atomic E-state index is 0.0320. The molecule has 10 nitrogen and oxygen atoms in total. The van der Waals surface area contributed by atoms with Gasteiger partial charge in [-0.05, 0) is 18.6 Å². The number of hydrogen-bond acceptors (Lipinski definition) is 8. The van der Waals surface area contributed by atoms with E-state index >= 15 is 0 Å². The number of hydrogen-bond donors (Lipinski definition) is 3. The van der Waals surface area contributed by atoms with Crippen molar-refractivity contribution in [1.29, 1.82) is 5.16 Å². The van der Waals surface area contributed by atoms with Gasteiger partial charge in [-0.25, -0.2) is 4.98 Å². The van der Waals surface area contributed by atoms with E-state index in [0.29, 0.717) is 17.6 Å². The molecule has 0 radical (unpaired) electrons. The fourth-order valence-corrected chi connectivity index (χ4v) is 4.77. The monoisotopic (exact) mass is 432 g/mol. The van der Waals surface area contributed by atoms with Crippen LogP contribution in [0.1, 0.15) is 26.5 Å². The molecular weight excluding hydrogens is 407 g/mol. The number of fused-ring (bicyclic) bond motifs is 1. The average Bonchev–Trinajstić information content (AvgIpc) is 3.30. The van der Waals surface area contributed by atoms with Crippen molar-refractivity contribution in [3.8, 4) is 5.75 Å². The number of H-pyrrole nitrogens is 1. The molecule has 2 aromatic heterocycles. The molecule has 3 heterocycles. The van der Waals surface area contributed by atoms with Crippen LogP contribution in [-0.2, 0) is 9.26 Å². The molecule has 3 aromatic rings. The molecular formula is C19H25N6O4P. The van der Waals surface area contributed by atoms with E-state index in [1.807, 2.05) is 37.3 Å². The molecule has 0 aliphatic carbocycles. The second kappa shape index (κ2) is 8.22. The zero-order valence-corrected chi connectivity index (χ0v) is 17.7. The SMILES string of the molecule is CCP(=N)(OC[C@@H]1C[C@H](C)[C@H](n2cnc3c(=O)[nH]c(N)nc32)O1)Oc1ccccc1. The molecule has 1 unspecified atom stereocenters. The van der Waals surface area contributed by atoms with Gasteiger partial charge in [-0.3, -0.25) is 19.5 Å². The lowest BCUT2D eigenvalue weighted by molar-refractivity contribution is -0.0252. The van der Waals surface area contributed by atoms with E-state index in [2.05, 4.69) is 21.9 Å². The highest BCUT2D eigenvalue weighted by atomic mass is 31.2. The molecule has 1 saturated heterocycles. The number of anilines is 1. The van der Waals surface area contributed by atoms with E-state index in [1.54, 1.807) is 10.9 Å². The summed E-state index contributed by atoms with van der Waals surface area (Å²) in [6.45, 7) is 4.19. The summed E-state index contributed by atoms with van der Waals surface area (Å²) < 4.78 is 19.7. The number of nitrogens with zero attached hydrogens (tertiary/aromatic N) is 3. The summed E-state index contributed by atoms with van der Waals surface area (Å²) in [5.74, 6) is 0.790. The number of ether oxygens (including phenoxy) is 1. The third kappa shape index (κ3) is 4.12. The van der Waals surface area contributed by atoms with Gasteiger partial charge >= 0.3 is 0 Å². The van der Waals surface area contributed by atoms with Crippen molar-refractivity contribution < 1.29 is 13.8 Å². The number of nitrogen functional groups attached to an aromatic ring is 1. The molecule has 1 aliphatic heterocycles. The Morgan fingerprint density at radius 3 is 2.90 bits per heavy atom. The number of para-hydroxylation sites is 1. The van der Waals surface area contributed by atoms with Crippen LogP contribution in [0, 0.1) is 11.1 Å². The number of aromatic amines is 1. The van der Waals surface area contributed by atoms with E-state index in [9.17, 15) is 4.79 Å². The highest BCUT2D eigenvalue weighted by molar-refractivity contribution is 7.55. The van der Waals surface area contributed by atoms with Gasteiger partial charge in [0.2, 0.25) is 5.95 Å². The first-order valence-electron chi connectivity index (χ1n) is 9.78. The van der Waals surface area contributed by atoms with Crippen LogP contribution in [0.4, 0.5) is 5.95 Å². The Morgan fingerprint density at radius 1 is 1.40 bits per heavy atom. The van der Waals surface area contributed by atoms with Crippen LogP contribution in [0.25, 0.3) is 11.2 Å². The lowest BCUT2D eigenvalue weighted by Gasteiger charge is -2.23. The Labute approximate surface area is 173 Å². The number of rotatable bonds is 7. The van der Waals surface area contributed by atoms with Crippen LogP contribution in [0.5, 0.6) is 5.75 Å². The Balaban J connectivity index is 1.46. The molecule has 4 rings (SSSR count). The van der Waals surface area contributed by atoms with Crippen molar-refractivity contribution in [1.82, 2.24) is 19.5 Å². The Morgan fingerprint density at radius 2 is 2.17 bits per heavy atom. The second-order valence-electron chi connectivity index (χ2n) is 7.33. The van der Waals surface area contributed by atoms with Crippen molar-refractivity contribution in [3.63, 3.8) is 0 Å². The minimum atomic E-state index is -2.80. The fourth-order valence-electron chi connectivity index (χ4n) is 3.53. The average molecular weight is 432 g/mol. The number of nitrogens with two attached hydrogens (primary N) is 1. The van der Waals surface area contributed by atoms with Gasteiger partial charge in [-0.2, -0.15) is 4.98 Å². The van der Waals surface area contributed by atoms with Gasteiger partial charge in [0.15, 0.2) is 11.2 Å². The van der Waals surface area contributed by atoms with Gasteiger partial charge in [0.1, 0.15) is 12.0 Å². The summed E-state index contributed by atoms with van der Waals surface area (Å²) in [4.78, 5) is 22.8. The van der Waals surface area contributed by atoms with Crippen LogP contribution in [0.3, 0.4) is 0 Å². The molecule has 1 aromatic carbocycles. The first kappa shape index (κ1) is 20.6. The summed E-state index contributed by atoms with van der Waals surface area (Å²) in [6.07, 6.45) is 2.18. The molecule has 30 heavy (non-hydrogen) atoms. The standard InChI is InChI=1S/C19H25N6O4P/c1-3-30(21,29-13-7-5-4-6-8-13)27-10-14-9-12(2)18(28-14)25-11-22-15-16(25)23-19(20)24-17(15)26/h4-8,11-12,14,18,21H,3,9-10H2,1-2H3,(H3,20,23,24,26)/t12-,14-,18+,30?/m0/s1. The van der Waals surface area contributed by atoms with Gasteiger partial charge in [-0.15, -0.1) is 0 Å². The van der Waals surface area contributed by atoms with Crippen LogP contribution in [0.15, 0.2) is 41.5 Å². The smallest absolute Gasteiger partial charge is 0.280 e. The first-order chi connectivity index (χ1) is 14.4. The zero-order valence-electron chi connectivity index (χ0n) is 16.8. The van der Waals surface area contributed by atoms with Gasteiger partial charge in [0.05, 0.1) is 19.0 Å². The summed E-state index contributed by atoms with van der Waals surface area (Å²) >= 11 is 0. The van der Waals surface area contributed by atoms with Crippen molar-refractivity contribution >= 4 is 24.6 Å². The van der Waals surface area contributed by atoms with Crippen molar-refractivity contribution in [3.05, 3.63) is 47.0 Å². The third-order valence-electron chi connectivity index (χ3n) is 5.06. The number of nitrogens with one attached hydrogen (secondary N) is 2. The molecule has 11 heteroatoms. The maximum absolute atomic E-state index is 12.0. The molecule has 1 aliphatic rings. The lowest BCUT2D eigenvalue weighted by Crippen LogP contribution is -2.18. The van der Waals surface area contributed by atoms with E-state index in [-0.39, 0.29) is 41.9 Å². The van der Waals surface area contributed by atoms with Crippen LogP contribution >= 0.6 is 7.51 Å². The van der Waals surface area contributed by atoms with E-state index in [1.165, 1.54) is 0 Å². The number of imidazole rings is 1. The molecule has 0 amide bonds. The lowest BCUT2D eigenvalue weighted by atomic mass is 10.1. The summed E-state index contributed by atoms with van der Waals surface area (Å²) in [6, 6.07) is 9.26. The molecule has 1 fully saturated rings. The van der Waals surface area contributed by atoms with Crippen molar-refractivity contribution in [2.45, 2.75) is 32.6 Å². The topological polar surface area (TPSA) is 141 Å². The van der Waals surface area contributed by atoms with Gasteiger partial charge in [0.25, 0.3) is 13.1 Å². The minimum Gasteiger partial charge on any atom is -0.438 e. The highest BCUT2D eigenvalue weighted by Crippen LogP contribution is 2.49. The highest BCUT2D eigenvalue weighted by Gasteiger charge is 2.36. The predicted octanol–water partition coefficient (Wildman–Crippen LogP) is 3.35. The number of benzene rings is 1. The molecule has 0 bridgehead atoms. The third-order valence-corrected chi connectivity index (χ3v) is 6.96. The molecule has 160 valence electrons. The van der Waals surface area contributed by atoms with Crippen LogP contribution < -0.4 is 15.8 Å². The largest absolute Gasteiger partial charge is 0.438 e. The number of aromatic nitrogens is 4. The summed E-state index contributed by atoms with van der Waals surface area (Å²) in [5.41, 5.74) is 5.91. The van der Waals surface area contributed by atoms with Crippen molar-refractivity contribution in [2.75, 3.05) is 18.5 Å². The quantitative estimate of drug-likeness (QED) is 0.486. The molecule has 4 N–H and O–H groups in total. The summed E-state index contributed by atoms with van der Waals surface area (Å²) in [7, 11) is -2.80. The molecule has 0 spiro atoms. The van der Waals surface area contributed by atoms with E-state index in [0.717, 1.165) is 6.42 Å². The van der Waals surface area contributed by atoms with Gasteiger partial charge in [-0.1, -0.05) is 32.0 Å². The van der Waals surface area contributed by atoms with Crippen LogP contribution in [0.2, 0.25) is 0 Å². The van der Waals surface area contributed by atoms with Crippen molar-refractivity contribution in [2.24, 2.45) is 5.92 Å². The van der Waals surface area contributed by atoms with E-state index in [4.69, 9.17) is 24.7 Å². The fraction of sp³-hybridized carbons (Fsp3) is 0.421. The zero-order chi connectivity index (χ0) is 21.3. The molecule has 4 atom stereocenters. The normalized spacial score (nSPS) is 23.5. The van der Waals surface area contributed by atoms with Crippen LogP contribution in [-0.4, -0.2) is 38.4 Å². The van der Waals surface area contributed by atoms with Gasteiger partial charge in [0, 0.05) is 12.1 Å². The Hall–Kier alpha value is -2.68. The maximum Gasteiger partial charge on any atom is 0.280 e. The first-order valence-corrected chi connectivity index (χ1v) is 11.6. The molecule has 0 saturated carbocycles. The maximum atomic E-state index is 12.0. The predicted molar refractivity (Wildman–Crippen MR) is 113 cm³/mol. The van der Waals surface area contributed by atoms with E-state index < -0.39 is 7.51 Å². The van der Waals surface area contributed by atoms with Gasteiger partial charge < -0.3 is 19.5 Å². The summed E-state index contributed by atoms with van der Waals surface area (Å²) in [5, 5.41) is 8.60. The Bertz CT molecular complexity index is 1130. The Kier molecular flexibility index (Phi) is 5.64. The second-order valence-corrected chi connectivity index (χ2v) is 9.75.